The van der Waals surface area contributed by atoms with Crippen molar-refractivity contribution in [3.05, 3.63) is 54.6 Å². The molecule has 3 rings (SSSR count). The lowest BCUT2D eigenvalue weighted by Gasteiger charge is -2.30. The summed E-state index contributed by atoms with van der Waals surface area (Å²) in [6, 6.07) is 17.3. The Balaban J connectivity index is 1.70. The monoisotopic (exact) mass is 324 g/mol. The fourth-order valence-corrected chi connectivity index (χ4v) is 2.97. The van der Waals surface area contributed by atoms with Gasteiger partial charge in [-0.15, -0.1) is 0 Å². The Bertz CT molecular complexity index is 730. The van der Waals surface area contributed by atoms with Crippen LogP contribution in [-0.2, 0) is 4.79 Å². The molecule has 5 nitrogen and oxygen atoms in total. The van der Waals surface area contributed by atoms with Gasteiger partial charge in [0.05, 0.1) is 5.92 Å². The molecule has 1 aliphatic heterocycles. The predicted molar refractivity (Wildman–Crippen MR) is 92.8 cm³/mol. The zero-order valence-corrected chi connectivity index (χ0v) is 13.3. The van der Waals surface area contributed by atoms with E-state index in [2.05, 4.69) is 5.32 Å². The number of carbonyl (C=O) groups excluding carboxylic acids is 1. The first-order chi connectivity index (χ1) is 11.6. The summed E-state index contributed by atoms with van der Waals surface area (Å²) in [5.41, 5.74) is 2.81. The van der Waals surface area contributed by atoms with Crippen molar-refractivity contribution >= 4 is 17.7 Å². The molecule has 1 unspecified atom stereocenters. The average Bonchev–Trinajstić information content (AvgIpc) is 2.63. The highest BCUT2D eigenvalue weighted by Gasteiger charge is 2.28. The van der Waals surface area contributed by atoms with Crippen molar-refractivity contribution < 1.29 is 14.7 Å². The summed E-state index contributed by atoms with van der Waals surface area (Å²) in [5.74, 6) is -1.31. The quantitative estimate of drug-likeness (QED) is 0.905. The lowest BCUT2D eigenvalue weighted by molar-refractivity contribution is -0.143. The summed E-state index contributed by atoms with van der Waals surface area (Å²) in [7, 11) is 0. The third-order valence-corrected chi connectivity index (χ3v) is 4.28. The second-order valence-corrected chi connectivity index (χ2v) is 6.00. The van der Waals surface area contributed by atoms with E-state index in [-0.39, 0.29) is 12.6 Å². The average molecular weight is 324 g/mol. The first-order valence-electron chi connectivity index (χ1n) is 8.08. The highest BCUT2D eigenvalue weighted by atomic mass is 16.4. The van der Waals surface area contributed by atoms with Gasteiger partial charge < -0.3 is 15.3 Å². The molecule has 1 heterocycles. The van der Waals surface area contributed by atoms with E-state index in [9.17, 15) is 9.59 Å². The first-order valence-corrected chi connectivity index (χ1v) is 8.08. The van der Waals surface area contributed by atoms with E-state index >= 15 is 0 Å². The number of carbonyl (C=O) groups is 2. The summed E-state index contributed by atoms with van der Waals surface area (Å²) < 4.78 is 0. The van der Waals surface area contributed by atoms with E-state index in [4.69, 9.17) is 5.11 Å². The van der Waals surface area contributed by atoms with Crippen molar-refractivity contribution in [2.75, 3.05) is 18.4 Å². The number of hydrogen-bond donors (Lipinski definition) is 2. The van der Waals surface area contributed by atoms with Crippen LogP contribution in [0.4, 0.5) is 10.5 Å². The maximum atomic E-state index is 12.4. The largest absolute Gasteiger partial charge is 0.481 e. The SMILES string of the molecule is O=C(O)C1CCCN(C(=O)Nc2cccc(-c3ccccc3)c2)C1. The molecule has 0 spiro atoms. The number of aliphatic carboxylic acids is 1. The molecule has 24 heavy (non-hydrogen) atoms. The fraction of sp³-hybridized carbons (Fsp3) is 0.263. The van der Waals surface area contributed by atoms with Crippen molar-refractivity contribution in [1.82, 2.24) is 4.90 Å². The zero-order valence-electron chi connectivity index (χ0n) is 13.3. The molecule has 124 valence electrons. The second kappa shape index (κ2) is 7.17. The maximum absolute atomic E-state index is 12.4. The van der Waals surface area contributed by atoms with Crippen LogP contribution < -0.4 is 5.32 Å². The number of nitrogens with zero attached hydrogens (tertiary/aromatic N) is 1. The van der Waals surface area contributed by atoms with Gasteiger partial charge in [-0.25, -0.2) is 4.79 Å². The number of carboxylic acid groups (broad SMARTS) is 1. The Hall–Kier alpha value is -2.82. The van der Waals surface area contributed by atoms with Crippen molar-refractivity contribution in [1.29, 1.82) is 0 Å². The van der Waals surface area contributed by atoms with Gasteiger partial charge in [0.25, 0.3) is 0 Å². The molecular formula is C19H20N2O3. The Morgan fingerprint density at radius 2 is 1.79 bits per heavy atom. The van der Waals surface area contributed by atoms with E-state index < -0.39 is 11.9 Å². The topological polar surface area (TPSA) is 69.6 Å². The van der Waals surface area contributed by atoms with Gasteiger partial charge in [-0.05, 0) is 36.1 Å². The summed E-state index contributed by atoms with van der Waals surface area (Å²) in [6.07, 6.45) is 1.34. The minimum atomic E-state index is -0.835. The molecule has 0 aromatic heterocycles. The normalized spacial score (nSPS) is 17.3. The Kier molecular flexibility index (Phi) is 4.79. The smallest absolute Gasteiger partial charge is 0.321 e. The summed E-state index contributed by atoms with van der Waals surface area (Å²) in [5, 5.41) is 12.0. The molecule has 2 aromatic carbocycles. The third kappa shape index (κ3) is 3.74. The number of anilines is 1. The standard InChI is InChI=1S/C19H20N2O3/c22-18(23)16-9-5-11-21(13-16)19(24)20-17-10-4-8-15(12-17)14-6-2-1-3-7-14/h1-4,6-8,10,12,16H,5,9,11,13H2,(H,20,24)(H,22,23). The van der Waals surface area contributed by atoms with Crippen LogP contribution in [0.2, 0.25) is 0 Å². The molecular weight excluding hydrogens is 304 g/mol. The summed E-state index contributed by atoms with van der Waals surface area (Å²) in [4.78, 5) is 25.1. The minimum Gasteiger partial charge on any atom is -0.481 e. The van der Waals surface area contributed by atoms with Gasteiger partial charge >= 0.3 is 12.0 Å². The molecule has 1 saturated heterocycles. The van der Waals surface area contributed by atoms with Crippen LogP contribution in [-0.4, -0.2) is 35.1 Å². The third-order valence-electron chi connectivity index (χ3n) is 4.28. The maximum Gasteiger partial charge on any atom is 0.321 e. The van der Waals surface area contributed by atoms with Crippen LogP contribution in [0.25, 0.3) is 11.1 Å². The van der Waals surface area contributed by atoms with Crippen LogP contribution in [0, 0.1) is 5.92 Å². The first kappa shape index (κ1) is 16.1. The number of hydrogen-bond acceptors (Lipinski definition) is 2. The number of carboxylic acids is 1. The summed E-state index contributed by atoms with van der Waals surface area (Å²) in [6.45, 7) is 0.855. The van der Waals surface area contributed by atoms with E-state index in [0.29, 0.717) is 25.1 Å². The molecule has 2 aromatic rings. The molecule has 1 fully saturated rings. The Morgan fingerprint density at radius 1 is 1.04 bits per heavy atom. The molecule has 0 aliphatic carbocycles. The molecule has 5 heteroatoms. The molecule has 1 aliphatic rings. The minimum absolute atomic E-state index is 0.244. The number of likely N-dealkylation sites (tertiary alicyclic amines) is 1. The van der Waals surface area contributed by atoms with Crippen LogP contribution in [0.5, 0.6) is 0 Å². The number of nitrogens with one attached hydrogen (secondary N) is 1. The van der Waals surface area contributed by atoms with Crippen LogP contribution in [0.1, 0.15) is 12.8 Å². The predicted octanol–water partition coefficient (Wildman–Crippen LogP) is 3.68. The number of piperidine rings is 1. The van der Waals surface area contributed by atoms with Gasteiger partial charge in [-0.3, -0.25) is 4.79 Å². The highest BCUT2D eigenvalue weighted by Crippen LogP contribution is 2.23. The van der Waals surface area contributed by atoms with Crippen LogP contribution >= 0.6 is 0 Å². The fourth-order valence-electron chi connectivity index (χ4n) is 2.97. The molecule has 2 N–H and O–H groups in total. The number of benzene rings is 2. The van der Waals surface area contributed by atoms with Crippen molar-refractivity contribution in [2.24, 2.45) is 5.92 Å². The summed E-state index contributed by atoms with van der Waals surface area (Å²) >= 11 is 0. The second-order valence-electron chi connectivity index (χ2n) is 6.00. The van der Waals surface area contributed by atoms with Gasteiger partial charge in [-0.2, -0.15) is 0 Å². The van der Waals surface area contributed by atoms with E-state index in [1.165, 1.54) is 0 Å². The number of amides is 2. The van der Waals surface area contributed by atoms with Gasteiger partial charge in [0.15, 0.2) is 0 Å². The van der Waals surface area contributed by atoms with Gasteiger partial charge in [-0.1, -0.05) is 42.5 Å². The lowest BCUT2D eigenvalue weighted by atomic mass is 9.99. The van der Waals surface area contributed by atoms with Gasteiger partial charge in [0.2, 0.25) is 0 Å². The highest BCUT2D eigenvalue weighted by molar-refractivity contribution is 5.90. The zero-order chi connectivity index (χ0) is 16.9. The van der Waals surface area contributed by atoms with E-state index in [1.54, 1.807) is 4.90 Å². The van der Waals surface area contributed by atoms with E-state index in [0.717, 1.165) is 11.1 Å². The molecule has 0 saturated carbocycles. The Labute approximate surface area is 140 Å². The number of rotatable bonds is 3. The number of urea groups is 1. The lowest BCUT2D eigenvalue weighted by Crippen LogP contribution is -2.44. The van der Waals surface area contributed by atoms with Crippen LogP contribution in [0.3, 0.4) is 0 Å². The van der Waals surface area contributed by atoms with E-state index in [1.807, 2.05) is 54.6 Å². The van der Waals surface area contributed by atoms with Crippen LogP contribution in [0.15, 0.2) is 54.6 Å². The van der Waals surface area contributed by atoms with Crippen molar-refractivity contribution in [2.45, 2.75) is 12.8 Å². The molecule has 0 radical (unpaired) electrons. The van der Waals surface area contributed by atoms with Crippen molar-refractivity contribution in [3.8, 4) is 11.1 Å². The molecule has 0 bridgehead atoms. The molecule has 1 atom stereocenters. The Morgan fingerprint density at radius 3 is 2.54 bits per heavy atom. The van der Waals surface area contributed by atoms with Gasteiger partial charge in [0, 0.05) is 18.8 Å². The van der Waals surface area contributed by atoms with Crippen molar-refractivity contribution in [3.63, 3.8) is 0 Å². The molecule has 2 amide bonds. The van der Waals surface area contributed by atoms with Gasteiger partial charge in [0.1, 0.15) is 0 Å².